The first-order chi connectivity index (χ1) is 9.45. The van der Waals surface area contributed by atoms with Gasteiger partial charge in [-0.3, -0.25) is 4.79 Å². The minimum absolute atomic E-state index is 0.00342. The van der Waals surface area contributed by atoms with E-state index in [1.165, 1.54) is 11.3 Å². The lowest BCUT2D eigenvalue weighted by Gasteiger charge is -2.13. The first-order valence-corrected chi connectivity index (χ1v) is 7.43. The third kappa shape index (κ3) is 3.71. The van der Waals surface area contributed by atoms with E-state index >= 15 is 0 Å². The summed E-state index contributed by atoms with van der Waals surface area (Å²) in [6.07, 6.45) is 0.722. The molecule has 2 aromatic rings. The van der Waals surface area contributed by atoms with Crippen LogP contribution in [0.4, 0.5) is 5.13 Å². The minimum Gasteiger partial charge on any atom is -0.375 e. The highest BCUT2D eigenvalue weighted by Gasteiger charge is 2.16. The maximum Gasteiger partial charge on any atom is 0.263 e. The summed E-state index contributed by atoms with van der Waals surface area (Å²) in [7, 11) is 0. The van der Waals surface area contributed by atoms with Crippen molar-refractivity contribution in [2.45, 2.75) is 26.3 Å². The maximum atomic E-state index is 12.1. The fourth-order valence-corrected chi connectivity index (χ4v) is 2.94. The Morgan fingerprint density at radius 2 is 2.30 bits per heavy atom. The van der Waals surface area contributed by atoms with Crippen LogP contribution in [-0.2, 0) is 6.42 Å². The number of carbonyl (C=O) groups excluding carboxylic acids is 1. The Morgan fingerprint density at radius 1 is 1.55 bits per heavy atom. The summed E-state index contributed by atoms with van der Waals surface area (Å²) in [5.41, 5.74) is 7.36. The van der Waals surface area contributed by atoms with Gasteiger partial charge < -0.3 is 11.1 Å². The number of thiazole rings is 1. The SMILES string of the molecule is Cc1nc(N)sc1C(=O)NC(C)Cc1cccc(Cl)c1. The van der Waals surface area contributed by atoms with E-state index in [1.54, 1.807) is 6.92 Å². The van der Waals surface area contributed by atoms with Gasteiger partial charge in [0, 0.05) is 11.1 Å². The third-order valence-electron chi connectivity index (χ3n) is 2.83. The Kier molecular flexibility index (Phi) is 4.62. The van der Waals surface area contributed by atoms with Crippen molar-refractivity contribution in [3.8, 4) is 0 Å². The molecule has 0 bridgehead atoms. The van der Waals surface area contributed by atoms with Crippen molar-refractivity contribution in [2.75, 3.05) is 5.73 Å². The summed E-state index contributed by atoms with van der Waals surface area (Å²) in [5.74, 6) is -0.133. The Hall–Kier alpha value is -1.59. The molecular weight excluding hydrogens is 294 g/mol. The minimum atomic E-state index is -0.133. The average molecular weight is 310 g/mol. The molecule has 0 aliphatic rings. The maximum absolute atomic E-state index is 12.1. The van der Waals surface area contributed by atoms with Gasteiger partial charge in [-0.05, 0) is 38.0 Å². The molecule has 1 aromatic carbocycles. The van der Waals surface area contributed by atoms with Gasteiger partial charge in [0.2, 0.25) is 0 Å². The second-order valence-corrected chi connectivity index (χ2v) is 6.14. The second kappa shape index (κ2) is 6.24. The van der Waals surface area contributed by atoms with E-state index in [0.717, 1.165) is 12.0 Å². The van der Waals surface area contributed by atoms with Crippen molar-refractivity contribution in [1.29, 1.82) is 0 Å². The molecule has 0 aliphatic heterocycles. The van der Waals surface area contributed by atoms with E-state index in [2.05, 4.69) is 10.3 Å². The lowest BCUT2D eigenvalue weighted by Crippen LogP contribution is -2.34. The van der Waals surface area contributed by atoms with E-state index in [0.29, 0.717) is 20.7 Å². The Morgan fingerprint density at radius 3 is 2.90 bits per heavy atom. The van der Waals surface area contributed by atoms with Crippen LogP contribution >= 0.6 is 22.9 Å². The summed E-state index contributed by atoms with van der Waals surface area (Å²) in [4.78, 5) is 16.7. The van der Waals surface area contributed by atoms with Crippen molar-refractivity contribution in [2.24, 2.45) is 0 Å². The van der Waals surface area contributed by atoms with Gasteiger partial charge in [-0.25, -0.2) is 4.98 Å². The smallest absolute Gasteiger partial charge is 0.263 e. The van der Waals surface area contributed by atoms with Crippen LogP contribution in [0, 0.1) is 6.92 Å². The number of nitrogens with two attached hydrogens (primary N) is 1. The fourth-order valence-electron chi connectivity index (χ4n) is 1.99. The van der Waals surface area contributed by atoms with Crippen molar-refractivity contribution in [1.82, 2.24) is 10.3 Å². The molecule has 4 nitrogen and oxygen atoms in total. The predicted molar refractivity (Wildman–Crippen MR) is 83.3 cm³/mol. The Bertz CT molecular complexity index is 627. The van der Waals surface area contributed by atoms with Gasteiger partial charge in [-0.1, -0.05) is 35.1 Å². The molecule has 3 N–H and O–H groups in total. The van der Waals surface area contributed by atoms with E-state index in [-0.39, 0.29) is 11.9 Å². The quantitative estimate of drug-likeness (QED) is 0.912. The van der Waals surface area contributed by atoms with Crippen molar-refractivity contribution < 1.29 is 4.79 Å². The van der Waals surface area contributed by atoms with E-state index in [1.807, 2.05) is 31.2 Å². The predicted octanol–water partition coefficient (Wildman–Crippen LogP) is 3.05. The van der Waals surface area contributed by atoms with E-state index in [9.17, 15) is 4.79 Å². The zero-order chi connectivity index (χ0) is 14.7. The van der Waals surface area contributed by atoms with Crippen molar-refractivity contribution >= 4 is 34.0 Å². The highest BCUT2D eigenvalue weighted by atomic mass is 35.5. The summed E-state index contributed by atoms with van der Waals surface area (Å²) in [6, 6.07) is 7.63. The number of anilines is 1. The van der Waals surface area contributed by atoms with Gasteiger partial charge in [0.1, 0.15) is 4.88 Å². The van der Waals surface area contributed by atoms with Crippen LogP contribution in [0.2, 0.25) is 5.02 Å². The molecule has 0 fully saturated rings. The zero-order valence-corrected chi connectivity index (χ0v) is 12.9. The molecule has 106 valence electrons. The van der Waals surface area contributed by atoms with Crippen LogP contribution in [0.25, 0.3) is 0 Å². The van der Waals surface area contributed by atoms with Crippen molar-refractivity contribution in [3.63, 3.8) is 0 Å². The number of hydrogen-bond acceptors (Lipinski definition) is 4. The summed E-state index contributed by atoms with van der Waals surface area (Å²) >= 11 is 7.15. The molecule has 0 saturated heterocycles. The first kappa shape index (κ1) is 14.8. The van der Waals surface area contributed by atoms with Gasteiger partial charge in [0.15, 0.2) is 5.13 Å². The van der Waals surface area contributed by atoms with Crippen LogP contribution in [0.15, 0.2) is 24.3 Å². The van der Waals surface area contributed by atoms with Crippen LogP contribution < -0.4 is 11.1 Å². The topological polar surface area (TPSA) is 68.0 Å². The van der Waals surface area contributed by atoms with Gasteiger partial charge >= 0.3 is 0 Å². The molecule has 0 radical (unpaired) electrons. The highest BCUT2D eigenvalue weighted by Crippen LogP contribution is 2.19. The van der Waals surface area contributed by atoms with E-state index < -0.39 is 0 Å². The number of aryl methyl sites for hydroxylation is 1. The molecular formula is C14H16ClN3OS. The number of rotatable bonds is 4. The number of hydrogen-bond donors (Lipinski definition) is 2. The van der Waals surface area contributed by atoms with Gasteiger partial charge in [0.05, 0.1) is 5.69 Å². The van der Waals surface area contributed by atoms with Gasteiger partial charge in [0.25, 0.3) is 5.91 Å². The van der Waals surface area contributed by atoms with Crippen LogP contribution in [-0.4, -0.2) is 16.9 Å². The molecule has 0 saturated carbocycles. The number of benzene rings is 1. The number of carbonyl (C=O) groups is 1. The molecule has 1 heterocycles. The molecule has 0 aliphatic carbocycles. The van der Waals surface area contributed by atoms with Crippen LogP contribution in [0.1, 0.15) is 27.9 Å². The number of halogens is 1. The largest absolute Gasteiger partial charge is 0.375 e. The lowest BCUT2D eigenvalue weighted by atomic mass is 10.1. The number of amides is 1. The molecule has 2 rings (SSSR count). The van der Waals surface area contributed by atoms with Crippen LogP contribution in [0.3, 0.4) is 0 Å². The lowest BCUT2D eigenvalue weighted by molar-refractivity contribution is 0.0943. The van der Waals surface area contributed by atoms with Crippen molar-refractivity contribution in [3.05, 3.63) is 45.4 Å². The van der Waals surface area contributed by atoms with E-state index in [4.69, 9.17) is 17.3 Å². The molecule has 6 heteroatoms. The fraction of sp³-hybridized carbons (Fsp3) is 0.286. The Balaban J connectivity index is 1.99. The number of nitrogens with one attached hydrogen (secondary N) is 1. The first-order valence-electron chi connectivity index (χ1n) is 6.24. The average Bonchev–Trinajstić information content (AvgIpc) is 2.68. The Labute approximate surface area is 127 Å². The number of nitrogen functional groups attached to an aromatic ring is 1. The van der Waals surface area contributed by atoms with Crippen LogP contribution in [0.5, 0.6) is 0 Å². The highest BCUT2D eigenvalue weighted by molar-refractivity contribution is 7.17. The van der Waals surface area contributed by atoms with Gasteiger partial charge in [-0.15, -0.1) is 0 Å². The molecule has 1 atom stereocenters. The summed E-state index contributed by atoms with van der Waals surface area (Å²) in [5, 5.41) is 4.06. The molecule has 1 aromatic heterocycles. The third-order valence-corrected chi connectivity index (χ3v) is 4.05. The molecule has 0 spiro atoms. The van der Waals surface area contributed by atoms with Gasteiger partial charge in [-0.2, -0.15) is 0 Å². The number of nitrogens with zero attached hydrogens (tertiary/aromatic N) is 1. The summed E-state index contributed by atoms with van der Waals surface area (Å²) < 4.78 is 0. The monoisotopic (exact) mass is 309 g/mol. The second-order valence-electron chi connectivity index (χ2n) is 4.68. The molecule has 1 unspecified atom stereocenters. The molecule has 1 amide bonds. The zero-order valence-electron chi connectivity index (χ0n) is 11.3. The summed E-state index contributed by atoms with van der Waals surface area (Å²) in [6.45, 7) is 3.74. The normalized spacial score (nSPS) is 12.2. The molecule has 20 heavy (non-hydrogen) atoms. The number of aromatic nitrogens is 1. The standard InChI is InChI=1S/C14H16ClN3OS/c1-8(6-10-4-3-5-11(15)7-10)17-13(19)12-9(2)18-14(16)20-12/h3-5,7-8H,6H2,1-2H3,(H2,16,18)(H,17,19).